The third-order valence-corrected chi connectivity index (χ3v) is 4.01. The van der Waals surface area contributed by atoms with Crippen LogP contribution in [-0.4, -0.2) is 19.7 Å². The van der Waals surface area contributed by atoms with Crippen LogP contribution in [0.3, 0.4) is 0 Å². The molecule has 0 amide bonds. The van der Waals surface area contributed by atoms with E-state index < -0.39 is 0 Å². The zero-order valence-corrected chi connectivity index (χ0v) is 13.5. The quantitative estimate of drug-likeness (QED) is 0.724. The topological polar surface area (TPSA) is 46.5 Å². The van der Waals surface area contributed by atoms with Gasteiger partial charge in [0.05, 0.1) is 5.52 Å². The highest BCUT2D eigenvalue weighted by Gasteiger charge is 2.14. The molecule has 0 aliphatic rings. The van der Waals surface area contributed by atoms with Gasteiger partial charge in [0.1, 0.15) is 0 Å². The molecule has 1 N–H and O–H groups in total. The third kappa shape index (κ3) is 2.27. The van der Waals surface area contributed by atoms with E-state index in [0.29, 0.717) is 4.77 Å². The number of nitrogens with zero attached hydrogens (tertiary/aromatic N) is 3. The number of hydrogen-bond donors (Lipinski definition) is 1. The fourth-order valence-electron chi connectivity index (χ4n) is 2.88. The number of nitrogens with one attached hydrogen (secondary N) is 1. The van der Waals surface area contributed by atoms with E-state index >= 15 is 0 Å². The van der Waals surface area contributed by atoms with Gasteiger partial charge in [-0.3, -0.25) is 10.1 Å². The maximum Gasteiger partial charge on any atom is 0.195 e. The number of pyridine rings is 1. The standard InChI is InChI=1S/C16H18N4S/c1-5-20-15(18-19-16(20)21)12-8-11(4)17-13-7-9(2)6-10(3)14(12)13/h6-8H,5H2,1-4H3,(H,19,21). The van der Waals surface area contributed by atoms with Crippen LogP contribution in [0.4, 0.5) is 0 Å². The smallest absolute Gasteiger partial charge is 0.195 e. The molecule has 0 radical (unpaired) electrons. The van der Waals surface area contributed by atoms with E-state index in [1.807, 2.05) is 11.5 Å². The van der Waals surface area contributed by atoms with E-state index in [0.717, 1.165) is 34.5 Å². The zero-order chi connectivity index (χ0) is 15.1. The summed E-state index contributed by atoms with van der Waals surface area (Å²) in [6, 6.07) is 6.39. The molecule has 0 fully saturated rings. The van der Waals surface area contributed by atoms with Crippen molar-refractivity contribution in [3.05, 3.63) is 39.8 Å². The largest absolute Gasteiger partial charge is 0.300 e. The Balaban J connectivity index is 2.44. The molecule has 4 nitrogen and oxygen atoms in total. The second-order valence-corrected chi connectivity index (χ2v) is 5.77. The molecule has 3 aromatic rings. The fraction of sp³-hybridized carbons (Fsp3) is 0.312. The van der Waals surface area contributed by atoms with E-state index in [1.54, 1.807) is 0 Å². The zero-order valence-electron chi connectivity index (χ0n) is 12.7. The van der Waals surface area contributed by atoms with Crippen molar-refractivity contribution >= 4 is 23.1 Å². The van der Waals surface area contributed by atoms with Crippen molar-refractivity contribution in [3.63, 3.8) is 0 Å². The third-order valence-electron chi connectivity index (χ3n) is 3.69. The highest BCUT2D eigenvalue weighted by molar-refractivity contribution is 7.71. The number of aromatic nitrogens is 4. The molecule has 21 heavy (non-hydrogen) atoms. The lowest BCUT2D eigenvalue weighted by Gasteiger charge is -2.11. The molecule has 1 aromatic carbocycles. The second-order valence-electron chi connectivity index (χ2n) is 5.38. The van der Waals surface area contributed by atoms with Gasteiger partial charge in [-0.2, -0.15) is 5.10 Å². The highest BCUT2D eigenvalue weighted by atomic mass is 32.1. The van der Waals surface area contributed by atoms with Gasteiger partial charge in [0.2, 0.25) is 0 Å². The molecule has 108 valence electrons. The summed E-state index contributed by atoms with van der Waals surface area (Å²) in [5.74, 6) is 0.880. The molecular weight excluding hydrogens is 280 g/mol. The predicted molar refractivity (Wildman–Crippen MR) is 88.0 cm³/mol. The van der Waals surface area contributed by atoms with E-state index in [-0.39, 0.29) is 0 Å². The van der Waals surface area contributed by atoms with E-state index in [9.17, 15) is 0 Å². The lowest BCUT2D eigenvalue weighted by molar-refractivity contribution is 0.756. The van der Waals surface area contributed by atoms with Crippen LogP contribution in [0.25, 0.3) is 22.3 Å². The maximum absolute atomic E-state index is 5.31. The first-order chi connectivity index (χ1) is 10.0. The number of hydrogen-bond acceptors (Lipinski definition) is 3. The molecule has 2 heterocycles. The van der Waals surface area contributed by atoms with Crippen molar-refractivity contribution in [2.45, 2.75) is 34.2 Å². The Morgan fingerprint density at radius 3 is 2.67 bits per heavy atom. The molecule has 2 aromatic heterocycles. The van der Waals surface area contributed by atoms with E-state index in [4.69, 9.17) is 12.2 Å². The lowest BCUT2D eigenvalue weighted by Crippen LogP contribution is -2.00. The number of aromatic amines is 1. The normalized spacial score (nSPS) is 11.2. The molecule has 0 bridgehead atoms. The van der Waals surface area contributed by atoms with Crippen LogP contribution in [0.15, 0.2) is 18.2 Å². The molecular formula is C16H18N4S. The van der Waals surface area contributed by atoms with Crippen LogP contribution in [0, 0.1) is 25.5 Å². The monoisotopic (exact) mass is 298 g/mol. The molecule has 3 rings (SSSR count). The first-order valence-electron chi connectivity index (χ1n) is 7.05. The summed E-state index contributed by atoms with van der Waals surface area (Å²) in [5, 5.41) is 8.47. The van der Waals surface area contributed by atoms with Crippen LogP contribution < -0.4 is 0 Å². The average Bonchev–Trinajstić information content (AvgIpc) is 2.77. The molecule has 0 atom stereocenters. The van der Waals surface area contributed by atoms with Crippen molar-refractivity contribution in [3.8, 4) is 11.4 Å². The lowest BCUT2D eigenvalue weighted by atomic mass is 10.00. The first kappa shape index (κ1) is 13.9. The number of benzene rings is 1. The Morgan fingerprint density at radius 2 is 1.95 bits per heavy atom. The van der Waals surface area contributed by atoms with E-state index in [2.05, 4.69) is 54.2 Å². The Morgan fingerprint density at radius 1 is 1.19 bits per heavy atom. The molecule has 0 saturated carbocycles. The van der Waals surface area contributed by atoms with Gasteiger partial charge in [0.25, 0.3) is 0 Å². The second kappa shape index (κ2) is 5.07. The summed E-state index contributed by atoms with van der Waals surface area (Å²) in [6.45, 7) is 9.09. The average molecular weight is 298 g/mol. The fourth-order valence-corrected chi connectivity index (χ4v) is 3.14. The van der Waals surface area contributed by atoms with Gasteiger partial charge < -0.3 is 4.57 Å². The number of rotatable bonds is 2. The molecule has 0 aliphatic carbocycles. The van der Waals surface area contributed by atoms with Gasteiger partial charge in [0.15, 0.2) is 10.6 Å². The van der Waals surface area contributed by atoms with Crippen molar-refractivity contribution in [1.29, 1.82) is 0 Å². The van der Waals surface area contributed by atoms with Gasteiger partial charge >= 0.3 is 0 Å². The molecule has 0 aliphatic heterocycles. The first-order valence-corrected chi connectivity index (χ1v) is 7.46. The Bertz CT molecular complexity index is 884. The van der Waals surface area contributed by atoms with Crippen LogP contribution in [-0.2, 0) is 6.54 Å². The summed E-state index contributed by atoms with van der Waals surface area (Å²) in [5.41, 5.74) is 5.52. The molecule has 0 unspecified atom stereocenters. The minimum absolute atomic E-state index is 0.653. The van der Waals surface area contributed by atoms with Gasteiger partial charge in [-0.1, -0.05) is 6.07 Å². The van der Waals surface area contributed by atoms with Crippen molar-refractivity contribution in [2.75, 3.05) is 0 Å². The number of fused-ring (bicyclic) bond motifs is 1. The van der Waals surface area contributed by atoms with Crippen LogP contribution in [0.2, 0.25) is 0 Å². The summed E-state index contributed by atoms with van der Waals surface area (Å²) in [6.07, 6.45) is 0. The SMILES string of the molecule is CCn1c(-c2cc(C)nc3cc(C)cc(C)c23)n[nH]c1=S. The highest BCUT2D eigenvalue weighted by Crippen LogP contribution is 2.30. The van der Waals surface area contributed by atoms with Crippen molar-refractivity contribution in [2.24, 2.45) is 0 Å². The van der Waals surface area contributed by atoms with Gasteiger partial charge in [-0.05, 0) is 63.2 Å². The molecule has 5 heteroatoms. The van der Waals surface area contributed by atoms with Crippen LogP contribution >= 0.6 is 12.2 Å². The number of H-pyrrole nitrogens is 1. The summed E-state index contributed by atoms with van der Waals surface area (Å²) < 4.78 is 2.67. The van der Waals surface area contributed by atoms with Crippen LogP contribution in [0.1, 0.15) is 23.7 Å². The predicted octanol–water partition coefficient (Wildman–Crippen LogP) is 4.10. The van der Waals surface area contributed by atoms with Crippen molar-refractivity contribution < 1.29 is 0 Å². The van der Waals surface area contributed by atoms with Crippen LogP contribution in [0.5, 0.6) is 0 Å². The van der Waals surface area contributed by atoms with Gasteiger partial charge in [-0.15, -0.1) is 0 Å². The maximum atomic E-state index is 5.31. The van der Waals surface area contributed by atoms with Gasteiger partial charge in [0, 0.05) is 23.2 Å². The summed E-state index contributed by atoms with van der Waals surface area (Å²) in [4.78, 5) is 4.67. The summed E-state index contributed by atoms with van der Waals surface area (Å²) >= 11 is 5.31. The number of aryl methyl sites for hydroxylation is 3. The molecule has 0 saturated heterocycles. The van der Waals surface area contributed by atoms with Gasteiger partial charge in [-0.25, -0.2) is 0 Å². The molecule has 0 spiro atoms. The Hall–Kier alpha value is -2.01. The minimum atomic E-state index is 0.653. The summed E-state index contributed by atoms with van der Waals surface area (Å²) in [7, 11) is 0. The minimum Gasteiger partial charge on any atom is -0.300 e. The Labute approximate surface area is 128 Å². The van der Waals surface area contributed by atoms with E-state index in [1.165, 1.54) is 11.1 Å². The Kier molecular flexibility index (Phi) is 3.37. The van der Waals surface area contributed by atoms with Crippen molar-refractivity contribution in [1.82, 2.24) is 19.7 Å².